The van der Waals surface area contributed by atoms with E-state index in [0.29, 0.717) is 37.3 Å². The van der Waals surface area contributed by atoms with E-state index in [4.69, 9.17) is 4.74 Å². The normalized spacial score (nSPS) is 17.3. The fraction of sp³-hybridized carbons (Fsp3) is 0.400. The van der Waals surface area contributed by atoms with E-state index in [-0.39, 0.29) is 10.8 Å². The molecule has 2 aromatic rings. The maximum atomic E-state index is 12.8. The number of hydrazine groups is 1. The third kappa shape index (κ3) is 5.18. The summed E-state index contributed by atoms with van der Waals surface area (Å²) in [4.78, 5) is 25.7. The number of aryl methyl sites for hydroxylation is 1. The first kappa shape index (κ1) is 22.3. The second-order valence-electron chi connectivity index (χ2n) is 6.97. The van der Waals surface area contributed by atoms with Crippen LogP contribution in [0.4, 0.5) is 0 Å². The van der Waals surface area contributed by atoms with Gasteiger partial charge in [0.05, 0.1) is 12.5 Å². The van der Waals surface area contributed by atoms with E-state index in [9.17, 15) is 18.0 Å². The summed E-state index contributed by atoms with van der Waals surface area (Å²) < 4.78 is 32.6. The summed E-state index contributed by atoms with van der Waals surface area (Å²) >= 11 is 1.22. The molecular formula is C20H25N3O5S2. The number of nitrogens with one attached hydrogen (secondary N) is 2. The number of carbonyl (C=O) groups is 2. The summed E-state index contributed by atoms with van der Waals surface area (Å²) in [7, 11) is -3.62. The second-order valence-corrected chi connectivity index (χ2v) is 10.4. The minimum Gasteiger partial charge on any atom is -0.494 e. The third-order valence-electron chi connectivity index (χ3n) is 4.79. The molecule has 10 heteroatoms. The average Bonchev–Trinajstić information content (AvgIpc) is 3.20. The Morgan fingerprint density at radius 3 is 2.53 bits per heavy atom. The maximum absolute atomic E-state index is 12.8. The van der Waals surface area contributed by atoms with Crippen molar-refractivity contribution in [2.45, 2.75) is 30.9 Å². The monoisotopic (exact) mass is 451 g/mol. The third-order valence-corrected chi connectivity index (χ3v) is 8.12. The Kier molecular flexibility index (Phi) is 7.11. The van der Waals surface area contributed by atoms with E-state index in [0.717, 1.165) is 4.88 Å². The molecule has 1 unspecified atom stereocenters. The van der Waals surface area contributed by atoms with Crippen LogP contribution < -0.4 is 15.6 Å². The van der Waals surface area contributed by atoms with Crippen molar-refractivity contribution in [3.63, 3.8) is 0 Å². The standard InChI is InChI=1S/C20H25N3O5S2/c1-3-28-17-9-7-15(8-10-17)19(24)21-22-20(25)16-5-4-12-23(13-16)30(26,27)18-11-6-14(2)29-18/h6-11,16H,3-5,12-13H2,1-2H3,(H,21,24)(H,22,25). The van der Waals surface area contributed by atoms with Gasteiger partial charge in [-0.15, -0.1) is 11.3 Å². The number of benzene rings is 1. The van der Waals surface area contributed by atoms with Gasteiger partial charge in [-0.1, -0.05) is 0 Å². The summed E-state index contributed by atoms with van der Waals surface area (Å²) in [5.74, 6) is -0.741. The van der Waals surface area contributed by atoms with Crippen molar-refractivity contribution >= 4 is 33.2 Å². The Bertz CT molecular complexity index is 1000. The molecule has 1 fully saturated rings. The second kappa shape index (κ2) is 9.59. The predicted octanol–water partition coefficient (Wildman–Crippen LogP) is 2.32. The molecule has 1 saturated heterocycles. The van der Waals surface area contributed by atoms with Gasteiger partial charge in [-0.25, -0.2) is 8.42 Å². The van der Waals surface area contributed by atoms with Crippen LogP contribution in [0.2, 0.25) is 0 Å². The zero-order chi connectivity index (χ0) is 21.7. The Labute approximate surface area is 180 Å². The first-order valence-corrected chi connectivity index (χ1v) is 12.0. The first-order valence-electron chi connectivity index (χ1n) is 9.71. The fourth-order valence-corrected chi connectivity index (χ4v) is 6.18. The molecule has 2 N–H and O–H groups in total. The zero-order valence-corrected chi connectivity index (χ0v) is 18.5. The lowest BCUT2D eigenvalue weighted by molar-refractivity contribution is -0.126. The van der Waals surface area contributed by atoms with Gasteiger partial charge in [0.2, 0.25) is 5.91 Å². The van der Waals surface area contributed by atoms with Crippen LogP contribution in [0.25, 0.3) is 0 Å². The molecule has 0 bridgehead atoms. The predicted molar refractivity (Wildman–Crippen MR) is 114 cm³/mol. The van der Waals surface area contributed by atoms with Gasteiger partial charge in [0.15, 0.2) is 0 Å². The number of amides is 2. The molecule has 8 nitrogen and oxygen atoms in total. The van der Waals surface area contributed by atoms with Crippen LogP contribution in [0.5, 0.6) is 5.75 Å². The number of nitrogens with zero attached hydrogens (tertiary/aromatic N) is 1. The molecule has 1 atom stereocenters. The van der Waals surface area contributed by atoms with Crippen LogP contribution in [-0.2, 0) is 14.8 Å². The van der Waals surface area contributed by atoms with Gasteiger partial charge in [0, 0.05) is 23.5 Å². The number of sulfonamides is 1. The van der Waals surface area contributed by atoms with Crippen molar-refractivity contribution in [2.24, 2.45) is 5.92 Å². The van der Waals surface area contributed by atoms with Crippen molar-refractivity contribution in [1.29, 1.82) is 0 Å². The molecule has 0 spiro atoms. The smallest absolute Gasteiger partial charge is 0.269 e. The quantitative estimate of drug-likeness (QED) is 0.656. The highest BCUT2D eigenvalue weighted by Gasteiger charge is 2.34. The topological polar surface area (TPSA) is 105 Å². The summed E-state index contributed by atoms with van der Waals surface area (Å²) in [6.45, 7) is 4.71. The lowest BCUT2D eigenvalue weighted by Gasteiger charge is -2.30. The molecule has 162 valence electrons. The maximum Gasteiger partial charge on any atom is 0.269 e. The highest BCUT2D eigenvalue weighted by atomic mass is 32.2. The lowest BCUT2D eigenvalue weighted by Crippen LogP contribution is -2.49. The highest BCUT2D eigenvalue weighted by Crippen LogP contribution is 2.28. The van der Waals surface area contributed by atoms with Crippen molar-refractivity contribution in [3.8, 4) is 5.75 Å². The molecule has 30 heavy (non-hydrogen) atoms. The van der Waals surface area contributed by atoms with Crippen molar-refractivity contribution in [1.82, 2.24) is 15.2 Å². The Balaban J connectivity index is 1.57. The average molecular weight is 452 g/mol. The fourth-order valence-electron chi connectivity index (χ4n) is 3.21. The number of ether oxygens (including phenoxy) is 1. The molecule has 2 amide bonds. The van der Waals surface area contributed by atoms with Crippen LogP contribution in [0.3, 0.4) is 0 Å². The van der Waals surface area contributed by atoms with Crippen LogP contribution in [-0.4, -0.2) is 44.2 Å². The summed E-state index contributed by atoms with van der Waals surface area (Å²) in [5.41, 5.74) is 5.18. The minimum atomic E-state index is -3.62. The summed E-state index contributed by atoms with van der Waals surface area (Å²) in [6, 6.07) is 9.92. The van der Waals surface area contributed by atoms with Gasteiger partial charge in [-0.3, -0.25) is 20.4 Å². The van der Waals surface area contributed by atoms with Gasteiger partial charge in [-0.2, -0.15) is 4.31 Å². The number of hydrogen-bond acceptors (Lipinski definition) is 6. The number of rotatable bonds is 6. The van der Waals surface area contributed by atoms with Gasteiger partial charge in [-0.05, 0) is 63.1 Å². The molecule has 1 aliphatic rings. The summed E-state index contributed by atoms with van der Waals surface area (Å²) in [5, 5.41) is 0. The number of carbonyl (C=O) groups excluding carboxylic acids is 2. The zero-order valence-electron chi connectivity index (χ0n) is 16.9. The van der Waals surface area contributed by atoms with Crippen LogP contribution in [0.1, 0.15) is 35.0 Å². The molecule has 0 radical (unpaired) electrons. The van der Waals surface area contributed by atoms with Crippen LogP contribution in [0.15, 0.2) is 40.6 Å². The van der Waals surface area contributed by atoms with E-state index in [1.807, 2.05) is 13.8 Å². The van der Waals surface area contributed by atoms with Gasteiger partial charge in [0.25, 0.3) is 15.9 Å². The molecule has 2 heterocycles. The molecule has 1 aromatic heterocycles. The van der Waals surface area contributed by atoms with E-state index in [1.54, 1.807) is 36.4 Å². The van der Waals surface area contributed by atoms with Crippen molar-refractivity contribution in [3.05, 3.63) is 46.8 Å². The molecular weight excluding hydrogens is 426 g/mol. The lowest BCUT2D eigenvalue weighted by atomic mass is 9.99. The molecule has 0 saturated carbocycles. The van der Waals surface area contributed by atoms with E-state index < -0.39 is 27.8 Å². The van der Waals surface area contributed by atoms with E-state index >= 15 is 0 Å². The van der Waals surface area contributed by atoms with Crippen LogP contribution >= 0.6 is 11.3 Å². The SMILES string of the molecule is CCOc1ccc(C(=O)NNC(=O)C2CCCN(S(=O)(=O)c3ccc(C)s3)C2)cc1. The number of thiophene rings is 1. The minimum absolute atomic E-state index is 0.0873. The largest absolute Gasteiger partial charge is 0.494 e. The Morgan fingerprint density at radius 2 is 1.90 bits per heavy atom. The Morgan fingerprint density at radius 1 is 1.17 bits per heavy atom. The van der Waals surface area contributed by atoms with Gasteiger partial charge >= 0.3 is 0 Å². The number of hydrogen-bond donors (Lipinski definition) is 2. The van der Waals surface area contributed by atoms with Gasteiger partial charge in [0.1, 0.15) is 9.96 Å². The van der Waals surface area contributed by atoms with Crippen LogP contribution in [0, 0.1) is 12.8 Å². The molecule has 1 aliphatic heterocycles. The van der Waals surface area contributed by atoms with E-state index in [2.05, 4.69) is 10.9 Å². The summed E-state index contributed by atoms with van der Waals surface area (Å²) in [6.07, 6.45) is 1.13. The first-order chi connectivity index (χ1) is 14.3. The van der Waals surface area contributed by atoms with E-state index in [1.165, 1.54) is 15.6 Å². The number of piperidine rings is 1. The molecule has 3 rings (SSSR count). The highest BCUT2D eigenvalue weighted by molar-refractivity contribution is 7.91. The molecule has 0 aliphatic carbocycles. The van der Waals surface area contributed by atoms with Crippen molar-refractivity contribution < 1.29 is 22.7 Å². The van der Waals surface area contributed by atoms with Crippen molar-refractivity contribution in [2.75, 3.05) is 19.7 Å². The molecule has 1 aromatic carbocycles. The van der Waals surface area contributed by atoms with Gasteiger partial charge < -0.3 is 4.74 Å². The Hall–Kier alpha value is -2.43.